The smallest absolute Gasteiger partial charge is 0.335 e. The number of aliphatic imine (C=N–C) groups is 1. The van der Waals surface area contributed by atoms with Crippen LogP contribution in [0.15, 0.2) is 44.3 Å². The average Bonchev–Trinajstić information content (AvgIpc) is 2.42. The Labute approximate surface area is 138 Å². The van der Waals surface area contributed by atoms with E-state index in [1.807, 2.05) is 6.92 Å². The monoisotopic (exact) mass is 411 g/mol. The number of aromatic carboxylic acids is 1. The predicted octanol–water partition coefficient (Wildman–Crippen LogP) is 4.67. The Bertz CT molecular complexity index is 742. The Morgan fingerprint density at radius 1 is 1.24 bits per heavy atom. The summed E-state index contributed by atoms with van der Waals surface area (Å²) in [5.41, 5.74) is 2.10. The summed E-state index contributed by atoms with van der Waals surface area (Å²) >= 11 is 6.59. The van der Waals surface area contributed by atoms with Crippen LogP contribution in [0.2, 0.25) is 0 Å². The Kier molecular flexibility index (Phi) is 4.80. The normalized spacial score (nSPS) is 11.0. The molecule has 21 heavy (non-hydrogen) atoms. The van der Waals surface area contributed by atoms with Gasteiger partial charge < -0.3 is 10.2 Å². The molecule has 6 heteroatoms. The third-order valence-electron chi connectivity index (χ3n) is 2.86. The molecule has 0 spiro atoms. The zero-order valence-corrected chi connectivity index (χ0v) is 14.1. The topological polar surface area (TPSA) is 69.9 Å². The average molecular weight is 413 g/mol. The maximum Gasteiger partial charge on any atom is 0.335 e. The number of phenolic OH excluding ortho intramolecular Hbond substituents is 1. The van der Waals surface area contributed by atoms with Gasteiger partial charge in [0.15, 0.2) is 0 Å². The Hall–Kier alpha value is -1.66. The first-order valence-electron chi connectivity index (χ1n) is 5.94. The number of carbonyl (C=O) groups is 1. The molecule has 2 rings (SSSR count). The molecule has 0 unspecified atom stereocenters. The van der Waals surface area contributed by atoms with Gasteiger partial charge in [0.05, 0.1) is 15.7 Å². The fourth-order valence-corrected chi connectivity index (χ4v) is 2.96. The lowest BCUT2D eigenvalue weighted by molar-refractivity contribution is 0.0697. The number of benzene rings is 2. The molecule has 2 N–H and O–H groups in total. The van der Waals surface area contributed by atoms with E-state index in [4.69, 9.17) is 5.11 Å². The van der Waals surface area contributed by atoms with Gasteiger partial charge in [0.2, 0.25) is 0 Å². The van der Waals surface area contributed by atoms with Crippen molar-refractivity contribution in [2.75, 3.05) is 0 Å². The minimum Gasteiger partial charge on any atom is -0.506 e. The van der Waals surface area contributed by atoms with Crippen molar-refractivity contribution in [3.8, 4) is 5.75 Å². The van der Waals surface area contributed by atoms with Crippen molar-refractivity contribution in [1.82, 2.24) is 0 Å². The number of carboxylic acid groups (broad SMARTS) is 1. The van der Waals surface area contributed by atoms with Crippen molar-refractivity contribution in [2.24, 2.45) is 4.99 Å². The number of phenols is 1. The summed E-state index contributed by atoms with van der Waals surface area (Å²) in [5, 5.41) is 19.0. The van der Waals surface area contributed by atoms with Gasteiger partial charge in [0.1, 0.15) is 5.75 Å². The fourth-order valence-electron chi connectivity index (χ4n) is 1.70. The number of aromatic hydroxyl groups is 1. The SMILES string of the molecule is Cc1ccc(C(=O)O)cc1N=Cc1cc(Br)cc(Br)c1O. The minimum atomic E-state index is -1.00. The summed E-state index contributed by atoms with van der Waals surface area (Å²) in [6.07, 6.45) is 1.50. The number of halogens is 2. The van der Waals surface area contributed by atoms with Crippen molar-refractivity contribution < 1.29 is 15.0 Å². The van der Waals surface area contributed by atoms with Crippen LogP contribution in [0.3, 0.4) is 0 Å². The first-order chi connectivity index (χ1) is 9.88. The number of hydrogen-bond acceptors (Lipinski definition) is 3. The van der Waals surface area contributed by atoms with Crippen LogP contribution in [-0.4, -0.2) is 22.4 Å². The maximum atomic E-state index is 11.0. The van der Waals surface area contributed by atoms with Crippen LogP contribution < -0.4 is 0 Å². The summed E-state index contributed by atoms with van der Waals surface area (Å²) in [6.45, 7) is 1.84. The Morgan fingerprint density at radius 2 is 1.95 bits per heavy atom. The summed E-state index contributed by atoms with van der Waals surface area (Å²) in [5.74, 6) is -0.923. The number of hydrogen-bond donors (Lipinski definition) is 2. The van der Waals surface area contributed by atoms with E-state index >= 15 is 0 Å². The zero-order valence-electron chi connectivity index (χ0n) is 11.0. The maximum absolute atomic E-state index is 11.0. The highest BCUT2D eigenvalue weighted by molar-refractivity contribution is 9.11. The molecule has 0 aromatic heterocycles. The highest BCUT2D eigenvalue weighted by Gasteiger charge is 2.07. The van der Waals surface area contributed by atoms with E-state index in [1.54, 1.807) is 18.2 Å². The highest BCUT2D eigenvalue weighted by Crippen LogP contribution is 2.31. The molecule has 0 aliphatic rings. The molecule has 0 saturated carbocycles. The number of aryl methyl sites for hydroxylation is 1. The molecule has 2 aromatic carbocycles. The Balaban J connectivity index is 2.42. The molecule has 2 aromatic rings. The summed E-state index contributed by atoms with van der Waals surface area (Å²) < 4.78 is 1.35. The second kappa shape index (κ2) is 6.41. The van der Waals surface area contributed by atoms with Crippen LogP contribution in [0, 0.1) is 6.92 Å². The van der Waals surface area contributed by atoms with Crippen LogP contribution in [0.1, 0.15) is 21.5 Å². The summed E-state index contributed by atoms with van der Waals surface area (Å²) in [6, 6.07) is 8.18. The molecule has 0 saturated heterocycles. The molecule has 0 radical (unpaired) electrons. The highest BCUT2D eigenvalue weighted by atomic mass is 79.9. The second-order valence-electron chi connectivity index (χ2n) is 4.39. The Morgan fingerprint density at radius 3 is 2.62 bits per heavy atom. The number of nitrogens with zero attached hydrogens (tertiary/aromatic N) is 1. The van der Waals surface area contributed by atoms with Crippen LogP contribution in [0.25, 0.3) is 0 Å². The fraction of sp³-hybridized carbons (Fsp3) is 0.0667. The van der Waals surface area contributed by atoms with Gasteiger partial charge in [-0.25, -0.2) is 4.79 Å². The van der Waals surface area contributed by atoms with Gasteiger partial charge in [-0.2, -0.15) is 0 Å². The standard InChI is InChI=1S/C15H11Br2NO3/c1-8-2-3-9(15(20)21)5-13(8)18-7-10-4-11(16)6-12(17)14(10)19/h2-7,19H,1H3,(H,20,21). The van der Waals surface area contributed by atoms with Crippen LogP contribution in [-0.2, 0) is 0 Å². The van der Waals surface area contributed by atoms with Gasteiger partial charge >= 0.3 is 5.97 Å². The van der Waals surface area contributed by atoms with Gasteiger partial charge in [0, 0.05) is 16.3 Å². The molecule has 0 heterocycles. The van der Waals surface area contributed by atoms with E-state index in [0.717, 1.165) is 10.0 Å². The van der Waals surface area contributed by atoms with Crippen molar-refractivity contribution in [3.63, 3.8) is 0 Å². The van der Waals surface area contributed by atoms with E-state index in [-0.39, 0.29) is 11.3 Å². The van der Waals surface area contributed by atoms with E-state index in [1.165, 1.54) is 18.3 Å². The van der Waals surface area contributed by atoms with E-state index in [9.17, 15) is 9.90 Å². The van der Waals surface area contributed by atoms with Gasteiger partial charge in [-0.15, -0.1) is 0 Å². The third kappa shape index (κ3) is 3.71. The molecule has 108 valence electrons. The van der Waals surface area contributed by atoms with E-state index < -0.39 is 5.97 Å². The molecular weight excluding hydrogens is 402 g/mol. The van der Waals surface area contributed by atoms with Crippen molar-refractivity contribution in [3.05, 3.63) is 56.0 Å². The third-order valence-corrected chi connectivity index (χ3v) is 3.92. The van der Waals surface area contributed by atoms with Gasteiger partial charge in [0.25, 0.3) is 0 Å². The molecular formula is C15H11Br2NO3. The lowest BCUT2D eigenvalue weighted by Gasteiger charge is -2.04. The van der Waals surface area contributed by atoms with E-state index in [2.05, 4.69) is 36.9 Å². The lowest BCUT2D eigenvalue weighted by atomic mass is 10.1. The van der Waals surface area contributed by atoms with Crippen molar-refractivity contribution in [1.29, 1.82) is 0 Å². The molecule has 0 aliphatic heterocycles. The van der Waals surface area contributed by atoms with Crippen LogP contribution in [0.5, 0.6) is 5.75 Å². The van der Waals surface area contributed by atoms with Crippen molar-refractivity contribution in [2.45, 2.75) is 6.92 Å². The molecule has 0 fully saturated rings. The van der Waals surface area contributed by atoms with Crippen molar-refractivity contribution >= 4 is 49.7 Å². The van der Waals surface area contributed by atoms with Crippen LogP contribution >= 0.6 is 31.9 Å². The quantitative estimate of drug-likeness (QED) is 0.719. The van der Waals surface area contributed by atoms with Gasteiger partial charge in [-0.1, -0.05) is 22.0 Å². The van der Waals surface area contributed by atoms with Gasteiger partial charge in [-0.3, -0.25) is 4.99 Å². The second-order valence-corrected chi connectivity index (χ2v) is 6.16. The van der Waals surface area contributed by atoms with E-state index in [0.29, 0.717) is 15.7 Å². The molecule has 4 nitrogen and oxygen atoms in total. The molecule has 0 atom stereocenters. The van der Waals surface area contributed by atoms with Gasteiger partial charge in [-0.05, 0) is 52.7 Å². The molecule has 0 aliphatic carbocycles. The predicted molar refractivity (Wildman–Crippen MR) is 88.9 cm³/mol. The molecule has 0 amide bonds. The number of rotatable bonds is 3. The molecule has 0 bridgehead atoms. The van der Waals surface area contributed by atoms with Crippen LogP contribution in [0.4, 0.5) is 5.69 Å². The first kappa shape index (κ1) is 15.7. The summed E-state index contributed by atoms with van der Waals surface area (Å²) in [7, 11) is 0. The zero-order chi connectivity index (χ0) is 15.6. The largest absolute Gasteiger partial charge is 0.506 e. The minimum absolute atomic E-state index is 0.0778. The number of carboxylic acids is 1. The summed E-state index contributed by atoms with van der Waals surface area (Å²) in [4.78, 5) is 15.2. The first-order valence-corrected chi connectivity index (χ1v) is 7.53. The lowest BCUT2D eigenvalue weighted by Crippen LogP contribution is -1.95.